The second kappa shape index (κ2) is 5.15. The number of nitrogens with zero attached hydrogens (tertiary/aromatic N) is 3. The molecular formula is C13H13N5O2S. The minimum Gasteiger partial charge on any atom is -0.326 e. The smallest absolute Gasteiger partial charge is 0.285 e. The van der Waals surface area contributed by atoms with Crippen molar-refractivity contribution in [2.24, 2.45) is 10.2 Å². The topological polar surface area (TPSA) is 101 Å². The first-order chi connectivity index (χ1) is 10.1. The maximum atomic E-state index is 11.9. The van der Waals surface area contributed by atoms with Crippen LogP contribution < -0.4 is 16.2 Å². The van der Waals surface area contributed by atoms with Gasteiger partial charge in [0.25, 0.3) is 10.0 Å². The number of aromatic nitrogens is 1. The van der Waals surface area contributed by atoms with Gasteiger partial charge in [0.1, 0.15) is 17.1 Å². The fourth-order valence-corrected chi connectivity index (χ4v) is 3.21. The molecule has 0 atom stereocenters. The number of hydrogen-bond donors (Lipinski definition) is 2. The lowest BCUT2D eigenvalue weighted by atomic mass is 10.2. The zero-order chi connectivity index (χ0) is 14.9. The van der Waals surface area contributed by atoms with Gasteiger partial charge in [-0.1, -0.05) is 18.2 Å². The molecule has 108 valence electrons. The lowest BCUT2D eigenvalue weighted by molar-refractivity contribution is 0.597. The highest BCUT2D eigenvalue weighted by atomic mass is 32.2. The molecule has 0 bridgehead atoms. The normalized spacial score (nSPS) is 15.6. The fourth-order valence-electron chi connectivity index (χ4n) is 2.16. The van der Waals surface area contributed by atoms with E-state index < -0.39 is 10.0 Å². The number of para-hydroxylation sites is 1. The van der Waals surface area contributed by atoms with Crippen molar-refractivity contribution in [3.05, 3.63) is 48.2 Å². The quantitative estimate of drug-likeness (QED) is 0.650. The Kier molecular flexibility index (Phi) is 3.32. The van der Waals surface area contributed by atoms with E-state index in [1.165, 1.54) is 6.34 Å². The van der Waals surface area contributed by atoms with E-state index in [2.05, 4.69) is 14.8 Å². The lowest BCUT2D eigenvalue weighted by Crippen LogP contribution is -2.27. The van der Waals surface area contributed by atoms with Crippen LogP contribution in [-0.4, -0.2) is 19.7 Å². The molecule has 21 heavy (non-hydrogen) atoms. The van der Waals surface area contributed by atoms with E-state index >= 15 is 0 Å². The number of nitrogen functional groups attached to an aromatic ring is 1. The van der Waals surface area contributed by atoms with E-state index in [1.54, 1.807) is 41.4 Å². The third-order valence-corrected chi connectivity index (χ3v) is 4.42. The fraction of sp³-hybridized carbons (Fsp3) is 0.0769. The number of rotatable bonds is 3. The molecule has 7 nitrogen and oxygen atoms in total. The highest BCUT2D eigenvalue weighted by molar-refractivity contribution is 7.90. The van der Waals surface area contributed by atoms with Crippen LogP contribution in [0.5, 0.6) is 0 Å². The average Bonchev–Trinajstić information content (AvgIpc) is 2.51. The molecule has 1 aliphatic heterocycles. The summed E-state index contributed by atoms with van der Waals surface area (Å²) in [4.78, 5) is 6.06. The maximum absolute atomic E-state index is 11.9. The first-order valence-electron chi connectivity index (χ1n) is 6.18. The van der Waals surface area contributed by atoms with Gasteiger partial charge in [-0.05, 0) is 18.2 Å². The van der Waals surface area contributed by atoms with E-state index in [1.807, 2.05) is 6.07 Å². The molecular weight excluding hydrogens is 290 g/mol. The molecule has 0 spiro atoms. The molecule has 8 heteroatoms. The Labute approximate surface area is 122 Å². The van der Waals surface area contributed by atoms with E-state index in [-0.39, 0.29) is 4.90 Å². The van der Waals surface area contributed by atoms with Gasteiger partial charge in [0, 0.05) is 11.8 Å². The standard InChI is InChI=1S/C13H13N5O2S/c14-17-13-10(4-3-7-15-13)8-18-9-16-21(19,20)12-6-2-1-5-11(12)18/h1-7,9H,8,14H2,(H,15,17). The van der Waals surface area contributed by atoms with Crippen LogP contribution in [0.15, 0.2) is 51.9 Å². The molecule has 2 heterocycles. The second-order valence-corrected chi connectivity index (χ2v) is 6.05. The summed E-state index contributed by atoms with van der Waals surface area (Å²) in [5.41, 5.74) is 3.94. The van der Waals surface area contributed by atoms with Crippen LogP contribution in [0.25, 0.3) is 0 Å². The largest absolute Gasteiger partial charge is 0.326 e. The predicted molar refractivity (Wildman–Crippen MR) is 80.3 cm³/mol. The highest BCUT2D eigenvalue weighted by Crippen LogP contribution is 2.30. The summed E-state index contributed by atoms with van der Waals surface area (Å²) in [6.45, 7) is 0.406. The molecule has 0 unspecified atom stereocenters. The number of nitrogens with one attached hydrogen (secondary N) is 1. The minimum absolute atomic E-state index is 0.193. The first kappa shape index (κ1) is 13.5. The zero-order valence-corrected chi connectivity index (χ0v) is 11.8. The summed E-state index contributed by atoms with van der Waals surface area (Å²) in [5, 5.41) is 0. The SMILES string of the molecule is NNc1ncccc1CN1C=NS(=O)(=O)c2ccccc21. The number of fused-ring (bicyclic) bond motifs is 1. The van der Waals surface area contributed by atoms with Crippen LogP contribution >= 0.6 is 0 Å². The Bertz CT molecular complexity index is 804. The molecule has 3 rings (SSSR count). The van der Waals surface area contributed by atoms with Crippen molar-refractivity contribution in [3.63, 3.8) is 0 Å². The van der Waals surface area contributed by atoms with Crippen molar-refractivity contribution in [1.82, 2.24) is 4.98 Å². The average molecular weight is 303 g/mol. The molecule has 0 amide bonds. The van der Waals surface area contributed by atoms with E-state index in [9.17, 15) is 8.42 Å². The molecule has 3 N–H and O–H groups in total. The van der Waals surface area contributed by atoms with Gasteiger partial charge < -0.3 is 10.3 Å². The molecule has 0 saturated heterocycles. The van der Waals surface area contributed by atoms with Crippen molar-refractivity contribution in [3.8, 4) is 0 Å². The summed E-state index contributed by atoms with van der Waals surface area (Å²) >= 11 is 0. The minimum atomic E-state index is -3.61. The van der Waals surface area contributed by atoms with E-state index in [0.29, 0.717) is 18.1 Å². The summed E-state index contributed by atoms with van der Waals surface area (Å²) in [6.07, 6.45) is 2.94. The molecule has 0 fully saturated rings. The van der Waals surface area contributed by atoms with Crippen molar-refractivity contribution < 1.29 is 8.42 Å². The third kappa shape index (κ3) is 2.46. The molecule has 0 aliphatic carbocycles. The molecule has 0 radical (unpaired) electrons. The number of benzene rings is 1. The monoisotopic (exact) mass is 303 g/mol. The van der Waals surface area contributed by atoms with Gasteiger partial charge in [-0.25, -0.2) is 10.8 Å². The summed E-state index contributed by atoms with van der Waals surface area (Å²) in [7, 11) is -3.61. The van der Waals surface area contributed by atoms with Gasteiger partial charge in [0.2, 0.25) is 0 Å². The van der Waals surface area contributed by atoms with Crippen LogP contribution in [0.1, 0.15) is 5.56 Å². The summed E-state index contributed by atoms with van der Waals surface area (Å²) in [6, 6.07) is 10.4. The zero-order valence-electron chi connectivity index (χ0n) is 11.0. The second-order valence-electron chi connectivity index (χ2n) is 4.45. The maximum Gasteiger partial charge on any atom is 0.285 e. The number of pyridine rings is 1. The number of anilines is 2. The van der Waals surface area contributed by atoms with Gasteiger partial charge >= 0.3 is 0 Å². The third-order valence-electron chi connectivity index (χ3n) is 3.15. The van der Waals surface area contributed by atoms with Crippen molar-refractivity contribution in [1.29, 1.82) is 0 Å². The Morgan fingerprint density at radius 3 is 2.81 bits per heavy atom. The number of hydrogen-bond acceptors (Lipinski definition) is 6. The van der Waals surface area contributed by atoms with Crippen molar-refractivity contribution in [2.75, 3.05) is 10.3 Å². The van der Waals surface area contributed by atoms with Crippen molar-refractivity contribution >= 4 is 27.9 Å². The summed E-state index contributed by atoms with van der Waals surface area (Å²) < 4.78 is 27.5. The highest BCUT2D eigenvalue weighted by Gasteiger charge is 2.25. The first-order valence-corrected chi connectivity index (χ1v) is 7.62. The molecule has 0 saturated carbocycles. The van der Waals surface area contributed by atoms with Gasteiger partial charge in [0.05, 0.1) is 12.2 Å². The number of nitrogens with two attached hydrogens (primary N) is 1. The van der Waals surface area contributed by atoms with Crippen LogP contribution in [0, 0.1) is 0 Å². The van der Waals surface area contributed by atoms with Gasteiger partial charge in [-0.2, -0.15) is 8.42 Å². The molecule has 1 aliphatic rings. The Balaban J connectivity index is 2.01. The number of hydrazine groups is 1. The van der Waals surface area contributed by atoms with Crippen LogP contribution in [-0.2, 0) is 16.6 Å². The summed E-state index contributed by atoms with van der Waals surface area (Å²) in [5.74, 6) is 5.97. The Morgan fingerprint density at radius 1 is 1.19 bits per heavy atom. The van der Waals surface area contributed by atoms with Gasteiger partial charge in [-0.15, -0.1) is 4.40 Å². The van der Waals surface area contributed by atoms with Gasteiger partial charge in [0.15, 0.2) is 0 Å². The van der Waals surface area contributed by atoms with Gasteiger partial charge in [-0.3, -0.25) is 0 Å². The molecule has 1 aromatic carbocycles. The number of sulfonamides is 1. The van der Waals surface area contributed by atoms with Crippen molar-refractivity contribution in [2.45, 2.75) is 11.4 Å². The Hall–Kier alpha value is -2.45. The van der Waals surface area contributed by atoms with E-state index in [0.717, 1.165) is 5.56 Å². The lowest BCUT2D eigenvalue weighted by Gasteiger charge is -2.25. The van der Waals surface area contributed by atoms with Crippen LogP contribution in [0.4, 0.5) is 11.5 Å². The van der Waals surface area contributed by atoms with Crippen LogP contribution in [0.2, 0.25) is 0 Å². The Morgan fingerprint density at radius 2 is 2.00 bits per heavy atom. The van der Waals surface area contributed by atoms with Crippen LogP contribution in [0.3, 0.4) is 0 Å². The molecule has 1 aromatic heterocycles. The van der Waals surface area contributed by atoms with E-state index in [4.69, 9.17) is 5.84 Å². The molecule has 2 aromatic rings. The predicted octanol–water partition coefficient (Wildman–Crippen LogP) is 1.10.